The third-order valence-corrected chi connectivity index (χ3v) is 15.0. The lowest BCUT2D eigenvalue weighted by molar-refractivity contribution is -0.149. The fourth-order valence-electron chi connectivity index (χ4n) is 8.34. The summed E-state index contributed by atoms with van der Waals surface area (Å²) in [4.78, 5) is 46.1. The Bertz CT molecular complexity index is 1430. The van der Waals surface area contributed by atoms with Crippen LogP contribution in [0.25, 0.3) is 0 Å². The summed E-state index contributed by atoms with van der Waals surface area (Å²) < 4.78 is 12.5. The molecule has 0 saturated carbocycles. The number of carbonyl (C=O) groups excluding carboxylic acids is 3. The number of aliphatic hydroxyl groups excluding tert-OH is 1. The number of methoxy groups -OCH3 is 1. The van der Waals surface area contributed by atoms with Gasteiger partial charge in [0, 0.05) is 43.7 Å². The van der Waals surface area contributed by atoms with Gasteiger partial charge in [0.25, 0.3) is 5.91 Å². The number of hydrogen-bond acceptors (Lipinski definition) is 6. The molecule has 43 heavy (non-hydrogen) atoms. The maximum absolute atomic E-state index is 14.4. The van der Waals surface area contributed by atoms with Crippen molar-refractivity contribution in [2.75, 3.05) is 43.7 Å². The number of carbonyl (C=O) groups is 3. The zero-order chi connectivity index (χ0) is 30.7. The third-order valence-electron chi connectivity index (χ3n) is 10.6. The number of amides is 3. The highest BCUT2D eigenvalue weighted by atomic mass is 28.3. The van der Waals surface area contributed by atoms with Crippen LogP contribution >= 0.6 is 0 Å². The van der Waals surface area contributed by atoms with E-state index in [1.54, 1.807) is 28.9 Å². The lowest BCUT2D eigenvalue weighted by atomic mass is 9.82. The standard InChI is InChI=1S/C33H43N3O6Si/c1-21-31(43(4,5)25-13-11-24(41-3)12-14-25)28(19-30(39)36-16-6-8-23(36)20-37)42-33(21)26-18-22(35-17-7-9-29(35)38)10-15-27(26)34(2)32(33)40/h10-15,18,21,23,28,31,37H,6-9,16-17,19-20H2,1-5H3/t21-,23-,28+,31-,33+/m0/s1. The van der Waals surface area contributed by atoms with Crippen molar-refractivity contribution in [2.45, 2.75) is 75.4 Å². The summed E-state index contributed by atoms with van der Waals surface area (Å²) in [6, 6.07) is 13.8. The largest absolute Gasteiger partial charge is 0.497 e. The Labute approximate surface area is 254 Å². The maximum atomic E-state index is 14.4. The number of ether oxygens (including phenoxy) is 2. The smallest absolute Gasteiger partial charge is 0.264 e. The van der Waals surface area contributed by atoms with Crippen LogP contribution in [0.2, 0.25) is 18.6 Å². The Hall–Kier alpha value is -3.21. The highest BCUT2D eigenvalue weighted by Gasteiger charge is 2.66. The van der Waals surface area contributed by atoms with Crippen LogP contribution in [0.4, 0.5) is 11.4 Å². The molecule has 0 unspecified atom stereocenters. The summed E-state index contributed by atoms with van der Waals surface area (Å²) in [7, 11) is 1.04. The minimum Gasteiger partial charge on any atom is -0.497 e. The summed E-state index contributed by atoms with van der Waals surface area (Å²) in [5.41, 5.74) is 1.00. The number of likely N-dealkylation sites (N-methyl/N-ethyl adjacent to an activating group) is 1. The van der Waals surface area contributed by atoms with E-state index >= 15 is 0 Å². The average Bonchev–Trinajstić information content (AvgIpc) is 3.76. The van der Waals surface area contributed by atoms with Gasteiger partial charge in [-0.2, -0.15) is 0 Å². The van der Waals surface area contributed by atoms with Gasteiger partial charge in [-0.1, -0.05) is 37.3 Å². The normalized spacial score (nSPS) is 28.8. The SMILES string of the molecule is COc1ccc([Si](C)(C)[C@@H]2[C@@H](CC(=O)N3CCC[C@H]3CO)O[C@]3(C(=O)N(C)c4ccc(N5CCCC5=O)cc43)[C@H]2C)cc1. The lowest BCUT2D eigenvalue weighted by Gasteiger charge is -2.37. The molecular weight excluding hydrogens is 562 g/mol. The molecule has 2 aromatic rings. The number of anilines is 2. The second-order valence-corrected chi connectivity index (χ2v) is 17.8. The quantitative estimate of drug-likeness (QED) is 0.486. The monoisotopic (exact) mass is 605 g/mol. The molecule has 1 spiro atoms. The molecule has 3 fully saturated rings. The molecule has 5 atom stereocenters. The molecule has 1 N–H and O–H groups in total. The molecule has 9 nitrogen and oxygen atoms in total. The van der Waals surface area contributed by atoms with Gasteiger partial charge in [-0.3, -0.25) is 14.4 Å². The Morgan fingerprint density at radius 2 is 1.86 bits per heavy atom. The van der Waals surface area contributed by atoms with Crippen molar-refractivity contribution < 1.29 is 29.0 Å². The van der Waals surface area contributed by atoms with Gasteiger partial charge in [-0.05, 0) is 55.1 Å². The van der Waals surface area contributed by atoms with Gasteiger partial charge in [0.05, 0.1) is 46.0 Å². The third kappa shape index (κ3) is 4.60. The Morgan fingerprint density at radius 3 is 2.51 bits per heavy atom. The van der Waals surface area contributed by atoms with E-state index in [1.807, 2.05) is 30.3 Å². The molecule has 0 aliphatic carbocycles. The van der Waals surface area contributed by atoms with E-state index in [2.05, 4.69) is 32.2 Å². The molecule has 4 aliphatic rings. The molecule has 0 aromatic heterocycles. The van der Waals surface area contributed by atoms with Crippen molar-refractivity contribution in [3.8, 4) is 5.75 Å². The Balaban J connectivity index is 1.44. The van der Waals surface area contributed by atoms with Crippen molar-refractivity contribution in [1.29, 1.82) is 0 Å². The second-order valence-electron chi connectivity index (χ2n) is 13.1. The lowest BCUT2D eigenvalue weighted by Crippen LogP contribution is -2.52. The van der Waals surface area contributed by atoms with Gasteiger partial charge in [0.2, 0.25) is 11.8 Å². The van der Waals surface area contributed by atoms with Crippen molar-refractivity contribution in [3.63, 3.8) is 0 Å². The second kappa shape index (κ2) is 11.1. The van der Waals surface area contributed by atoms with E-state index < -0.39 is 19.8 Å². The predicted octanol–water partition coefficient (Wildman–Crippen LogP) is 3.39. The first-order valence-electron chi connectivity index (χ1n) is 15.5. The molecule has 4 heterocycles. The van der Waals surface area contributed by atoms with Crippen LogP contribution in [-0.4, -0.2) is 81.8 Å². The molecule has 3 amide bonds. The molecule has 0 radical (unpaired) electrons. The van der Waals surface area contributed by atoms with Crippen LogP contribution in [0, 0.1) is 5.92 Å². The average molecular weight is 606 g/mol. The van der Waals surface area contributed by atoms with E-state index in [1.165, 1.54) is 5.19 Å². The topological polar surface area (TPSA) is 99.6 Å². The molecule has 2 aromatic carbocycles. The molecule has 3 saturated heterocycles. The zero-order valence-corrected chi connectivity index (χ0v) is 26.8. The summed E-state index contributed by atoms with van der Waals surface area (Å²) in [6.45, 7) is 7.93. The van der Waals surface area contributed by atoms with Crippen molar-refractivity contribution >= 4 is 42.4 Å². The number of benzene rings is 2. The highest BCUT2D eigenvalue weighted by Crippen LogP contribution is 2.60. The van der Waals surface area contributed by atoms with E-state index in [9.17, 15) is 19.5 Å². The Kier molecular flexibility index (Phi) is 7.67. The molecule has 0 bridgehead atoms. The van der Waals surface area contributed by atoms with Crippen LogP contribution in [0.5, 0.6) is 5.75 Å². The number of hydrogen-bond donors (Lipinski definition) is 1. The number of likely N-dealkylation sites (tertiary alicyclic amines) is 1. The van der Waals surface area contributed by atoms with Gasteiger partial charge < -0.3 is 29.3 Å². The minimum absolute atomic E-state index is 0.0363. The minimum atomic E-state index is -2.39. The van der Waals surface area contributed by atoms with Crippen LogP contribution < -0.4 is 19.7 Å². The number of nitrogens with zero attached hydrogens (tertiary/aromatic N) is 3. The van der Waals surface area contributed by atoms with E-state index in [4.69, 9.17) is 9.47 Å². The van der Waals surface area contributed by atoms with Crippen LogP contribution in [0.3, 0.4) is 0 Å². The van der Waals surface area contributed by atoms with Crippen molar-refractivity contribution in [2.24, 2.45) is 5.92 Å². The summed E-state index contributed by atoms with van der Waals surface area (Å²) in [5, 5.41) is 11.1. The summed E-state index contributed by atoms with van der Waals surface area (Å²) in [5.74, 6) is 0.467. The van der Waals surface area contributed by atoms with Gasteiger partial charge in [-0.15, -0.1) is 0 Å². The fourth-order valence-corrected chi connectivity index (χ4v) is 12.4. The first-order valence-corrected chi connectivity index (χ1v) is 18.6. The van der Waals surface area contributed by atoms with E-state index in [0.717, 1.165) is 42.0 Å². The zero-order valence-electron chi connectivity index (χ0n) is 25.8. The van der Waals surface area contributed by atoms with Gasteiger partial charge in [0.1, 0.15) is 5.75 Å². The number of aliphatic hydroxyl groups is 1. The van der Waals surface area contributed by atoms with E-state index in [-0.39, 0.29) is 48.3 Å². The molecule has 230 valence electrons. The Morgan fingerprint density at radius 1 is 1.12 bits per heavy atom. The maximum Gasteiger partial charge on any atom is 0.264 e. The first kappa shape index (κ1) is 29.8. The van der Waals surface area contributed by atoms with Gasteiger partial charge in [0.15, 0.2) is 5.60 Å². The predicted molar refractivity (Wildman–Crippen MR) is 167 cm³/mol. The van der Waals surface area contributed by atoms with Gasteiger partial charge in [-0.25, -0.2) is 0 Å². The molecular formula is C33H43N3O6Si. The fraction of sp³-hybridized carbons (Fsp3) is 0.545. The van der Waals surface area contributed by atoms with Crippen LogP contribution in [-0.2, 0) is 24.7 Å². The van der Waals surface area contributed by atoms with E-state index in [0.29, 0.717) is 19.5 Å². The molecule has 4 aliphatic heterocycles. The number of rotatable bonds is 7. The molecule has 6 rings (SSSR count). The molecule has 10 heteroatoms. The summed E-state index contributed by atoms with van der Waals surface area (Å²) in [6.07, 6.45) is 2.65. The van der Waals surface area contributed by atoms with Gasteiger partial charge >= 0.3 is 0 Å². The van der Waals surface area contributed by atoms with Crippen molar-refractivity contribution in [1.82, 2.24) is 4.90 Å². The van der Waals surface area contributed by atoms with Crippen LogP contribution in [0.15, 0.2) is 42.5 Å². The van der Waals surface area contributed by atoms with Crippen molar-refractivity contribution in [3.05, 3.63) is 48.0 Å². The number of fused-ring (bicyclic) bond motifs is 2. The first-order chi connectivity index (χ1) is 20.5. The summed E-state index contributed by atoms with van der Waals surface area (Å²) >= 11 is 0. The highest BCUT2D eigenvalue weighted by molar-refractivity contribution is 6.91. The van der Waals surface area contributed by atoms with Crippen LogP contribution in [0.1, 0.15) is 44.6 Å².